The lowest BCUT2D eigenvalue weighted by Gasteiger charge is -2.10. The molecule has 0 bridgehead atoms. The minimum Gasteiger partial charge on any atom is -0.502 e. The fourth-order valence-corrected chi connectivity index (χ4v) is 1.51. The standard InChI is InChI=1S/C14H21N3O3.HI/c1-9(2)7-16-14(15)17-8-10-5-11(19-3)13(18)12(6-10)20-4;/h5-6,18H,1,7-8H2,2-4H3,(H3,15,16,17);1H. The maximum Gasteiger partial charge on any atom is 0.200 e. The second kappa shape index (κ2) is 9.32. The molecule has 0 aliphatic rings. The van der Waals surface area contributed by atoms with Crippen LogP contribution in [0, 0.1) is 0 Å². The predicted molar refractivity (Wildman–Crippen MR) is 94.8 cm³/mol. The second-order valence-electron chi connectivity index (χ2n) is 4.36. The van der Waals surface area contributed by atoms with Crippen LogP contribution in [-0.2, 0) is 6.54 Å². The molecule has 0 aliphatic heterocycles. The molecule has 118 valence electrons. The van der Waals surface area contributed by atoms with Crippen LogP contribution in [0.3, 0.4) is 0 Å². The summed E-state index contributed by atoms with van der Waals surface area (Å²) in [5, 5.41) is 12.7. The Balaban J connectivity index is 0.00000400. The maximum atomic E-state index is 9.80. The van der Waals surface area contributed by atoms with Crippen LogP contribution < -0.4 is 20.5 Å². The van der Waals surface area contributed by atoms with Gasteiger partial charge in [-0.05, 0) is 24.6 Å². The average Bonchev–Trinajstić information content (AvgIpc) is 2.43. The molecule has 21 heavy (non-hydrogen) atoms. The van der Waals surface area contributed by atoms with Crippen LogP contribution in [0.25, 0.3) is 0 Å². The number of ether oxygens (including phenoxy) is 2. The summed E-state index contributed by atoms with van der Waals surface area (Å²) in [6, 6.07) is 3.38. The Kier molecular flexibility index (Phi) is 8.60. The fraction of sp³-hybridized carbons (Fsp3) is 0.357. The number of methoxy groups -OCH3 is 2. The first kappa shape index (κ1) is 19.4. The van der Waals surface area contributed by atoms with Crippen molar-refractivity contribution in [1.29, 1.82) is 0 Å². The summed E-state index contributed by atoms with van der Waals surface area (Å²) in [5.74, 6) is 0.973. The minimum atomic E-state index is -0.0314. The van der Waals surface area contributed by atoms with Gasteiger partial charge in [0.2, 0.25) is 5.75 Å². The van der Waals surface area contributed by atoms with Gasteiger partial charge in [0.1, 0.15) is 0 Å². The number of nitrogens with two attached hydrogens (primary N) is 1. The zero-order valence-corrected chi connectivity index (χ0v) is 14.8. The van der Waals surface area contributed by atoms with Gasteiger partial charge in [-0.1, -0.05) is 12.2 Å². The minimum absolute atomic E-state index is 0. The first-order chi connectivity index (χ1) is 9.47. The maximum absolute atomic E-state index is 9.80. The number of phenolic OH excluding ortho intramolecular Hbond substituents is 1. The predicted octanol–water partition coefficient (Wildman–Crippen LogP) is 2.01. The van der Waals surface area contributed by atoms with Gasteiger partial charge in [-0.2, -0.15) is 0 Å². The topological polar surface area (TPSA) is 89.1 Å². The van der Waals surface area contributed by atoms with Crippen molar-refractivity contribution < 1.29 is 14.6 Å². The lowest BCUT2D eigenvalue weighted by atomic mass is 10.2. The van der Waals surface area contributed by atoms with Gasteiger partial charge in [0.25, 0.3) is 0 Å². The molecule has 0 aromatic heterocycles. The molecule has 0 radical (unpaired) electrons. The molecule has 1 rings (SSSR count). The number of hydrogen-bond donors (Lipinski definition) is 3. The molecule has 1 aromatic rings. The highest BCUT2D eigenvalue weighted by Gasteiger charge is 2.10. The molecule has 0 heterocycles. The number of aromatic hydroxyl groups is 1. The lowest BCUT2D eigenvalue weighted by molar-refractivity contribution is 0.339. The van der Waals surface area contributed by atoms with E-state index in [4.69, 9.17) is 15.2 Å². The summed E-state index contributed by atoms with van der Waals surface area (Å²) in [6.45, 7) is 6.60. The number of nitrogens with zero attached hydrogens (tertiary/aromatic N) is 1. The van der Waals surface area contributed by atoms with E-state index in [9.17, 15) is 5.11 Å². The number of aliphatic imine (C=N–C) groups is 1. The zero-order chi connectivity index (χ0) is 15.1. The molecule has 1 aromatic carbocycles. The Morgan fingerprint density at radius 3 is 2.29 bits per heavy atom. The number of benzene rings is 1. The third-order valence-corrected chi connectivity index (χ3v) is 2.54. The van der Waals surface area contributed by atoms with E-state index in [0.29, 0.717) is 30.5 Å². The van der Waals surface area contributed by atoms with Gasteiger partial charge in [-0.25, -0.2) is 4.99 Å². The van der Waals surface area contributed by atoms with Crippen LogP contribution in [0.15, 0.2) is 29.3 Å². The Hall–Kier alpha value is -1.64. The van der Waals surface area contributed by atoms with Gasteiger partial charge in [0.15, 0.2) is 17.5 Å². The number of nitrogens with one attached hydrogen (secondary N) is 1. The molecule has 0 amide bonds. The SMILES string of the molecule is C=C(C)CNC(N)=NCc1cc(OC)c(O)c(OC)c1.I. The van der Waals surface area contributed by atoms with E-state index in [-0.39, 0.29) is 29.7 Å². The molecule has 0 atom stereocenters. The largest absolute Gasteiger partial charge is 0.502 e. The number of phenols is 1. The van der Waals surface area contributed by atoms with Crippen LogP contribution in [0.2, 0.25) is 0 Å². The Labute approximate surface area is 142 Å². The summed E-state index contributed by atoms with van der Waals surface area (Å²) >= 11 is 0. The van der Waals surface area contributed by atoms with Gasteiger partial charge in [0, 0.05) is 6.54 Å². The molecular formula is C14H22IN3O3. The number of halogens is 1. The third kappa shape index (κ3) is 6.11. The Bertz CT molecular complexity index is 493. The van der Waals surface area contributed by atoms with Gasteiger partial charge in [-0.15, -0.1) is 24.0 Å². The zero-order valence-electron chi connectivity index (χ0n) is 12.5. The molecular weight excluding hydrogens is 385 g/mol. The third-order valence-electron chi connectivity index (χ3n) is 2.54. The van der Waals surface area contributed by atoms with E-state index >= 15 is 0 Å². The molecule has 0 fully saturated rings. The van der Waals surface area contributed by atoms with Crippen LogP contribution in [0.1, 0.15) is 12.5 Å². The van der Waals surface area contributed by atoms with Crippen molar-refractivity contribution in [2.45, 2.75) is 13.5 Å². The molecule has 0 unspecified atom stereocenters. The van der Waals surface area contributed by atoms with Crippen molar-refractivity contribution in [2.24, 2.45) is 10.7 Å². The van der Waals surface area contributed by atoms with Crippen molar-refractivity contribution in [3.8, 4) is 17.2 Å². The summed E-state index contributed by atoms with van der Waals surface area (Å²) < 4.78 is 10.2. The van der Waals surface area contributed by atoms with Crippen molar-refractivity contribution in [3.63, 3.8) is 0 Å². The van der Waals surface area contributed by atoms with E-state index in [2.05, 4.69) is 16.9 Å². The molecule has 4 N–H and O–H groups in total. The highest BCUT2D eigenvalue weighted by atomic mass is 127. The van der Waals surface area contributed by atoms with E-state index in [1.54, 1.807) is 12.1 Å². The fourth-order valence-electron chi connectivity index (χ4n) is 1.51. The lowest BCUT2D eigenvalue weighted by Crippen LogP contribution is -2.32. The highest BCUT2D eigenvalue weighted by Crippen LogP contribution is 2.37. The van der Waals surface area contributed by atoms with Crippen molar-refractivity contribution >= 4 is 29.9 Å². The average molecular weight is 407 g/mol. The Morgan fingerprint density at radius 1 is 1.33 bits per heavy atom. The molecule has 6 nitrogen and oxygen atoms in total. The van der Waals surface area contributed by atoms with Crippen LogP contribution in [0.5, 0.6) is 17.2 Å². The first-order valence-corrected chi connectivity index (χ1v) is 6.10. The normalized spacial score (nSPS) is 10.5. The molecule has 0 spiro atoms. The van der Waals surface area contributed by atoms with Gasteiger partial charge in [0.05, 0.1) is 20.8 Å². The van der Waals surface area contributed by atoms with Crippen LogP contribution in [0.4, 0.5) is 0 Å². The second-order valence-corrected chi connectivity index (χ2v) is 4.36. The van der Waals surface area contributed by atoms with E-state index in [1.807, 2.05) is 6.92 Å². The van der Waals surface area contributed by atoms with Gasteiger partial charge in [-0.3, -0.25) is 0 Å². The van der Waals surface area contributed by atoms with Crippen molar-refractivity contribution in [3.05, 3.63) is 29.8 Å². The molecule has 0 saturated carbocycles. The molecule has 0 saturated heterocycles. The first-order valence-electron chi connectivity index (χ1n) is 6.10. The quantitative estimate of drug-likeness (QED) is 0.291. The summed E-state index contributed by atoms with van der Waals surface area (Å²) in [4.78, 5) is 4.20. The van der Waals surface area contributed by atoms with Gasteiger partial charge >= 0.3 is 0 Å². The summed E-state index contributed by atoms with van der Waals surface area (Å²) in [6.07, 6.45) is 0. The van der Waals surface area contributed by atoms with E-state index in [1.165, 1.54) is 14.2 Å². The highest BCUT2D eigenvalue weighted by molar-refractivity contribution is 14.0. The smallest absolute Gasteiger partial charge is 0.200 e. The van der Waals surface area contributed by atoms with Crippen LogP contribution >= 0.6 is 24.0 Å². The monoisotopic (exact) mass is 407 g/mol. The van der Waals surface area contributed by atoms with Gasteiger partial charge < -0.3 is 25.6 Å². The number of guanidine groups is 1. The van der Waals surface area contributed by atoms with E-state index in [0.717, 1.165) is 11.1 Å². The van der Waals surface area contributed by atoms with Crippen LogP contribution in [-0.4, -0.2) is 31.8 Å². The van der Waals surface area contributed by atoms with E-state index < -0.39 is 0 Å². The van der Waals surface area contributed by atoms with Crippen molar-refractivity contribution in [2.75, 3.05) is 20.8 Å². The Morgan fingerprint density at radius 2 is 1.86 bits per heavy atom. The number of hydrogen-bond acceptors (Lipinski definition) is 4. The molecule has 0 aliphatic carbocycles. The summed E-state index contributed by atoms with van der Waals surface area (Å²) in [5.41, 5.74) is 7.51. The molecule has 7 heteroatoms. The van der Waals surface area contributed by atoms with Crippen molar-refractivity contribution in [1.82, 2.24) is 5.32 Å². The number of rotatable bonds is 6. The summed E-state index contributed by atoms with van der Waals surface area (Å²) in [7, 11) is 2.95.